The second-order valence-electron chi connectivity index (χ2n) is 6.14. The zero-order valence-electron chi connectivity index (χ0n) is 13.0. The first kappa shape index (κ1) is 16.0. The second kappa shape index (κ2) is 8.78. The maximum Gasteiger partial charge on any atom is 0.223 e. The average molecular weight is 289 g/mol. The molecule has 0 saturated heterocycles. The number of rotatable bonds is 7. The smallest absolute Gasteiger partial charge is 0.223 e. The van der Waals surface area contributed by atoms with Gasteiger partial charge in [-0.05, 0) is 56.2 Å². The van der Waals surface area contributed by atoms with Gasteiger partial charge in [-0.1, -0.05) is 13.0 Å². The molecule has 2 rings (SSSR count). The van der Waals surface area contributed by atoms with Crippen LogP contribution in [0.4, 0.5) is 0 Å². The molecule has 4 heteroatoms. The Balaban J connectivity index is 1.50. The van der Waals surface area contributed by atoms with E-state index in [1.807, 2.05) is 12.3 Å². The molecular weight excluding hydrogens is 262 g/mol. The molecule has 1 amide bonds. The van der Waals surface area contributed by atoms with Gasteiger partial charge < -0.3 is 10.6 Å². The van der Waals surface area contributed by atoms with Gasteiger partial charge in [0.05, 0.1) is 0 Å². The lowest BCUT2D eigenvalue weighted by Crippen LogP contribution is -2.34. The van der Waals surface area contributed by atoms with Crippen molar-refractivity contribution < 1.29 is 4.79 Å². The Labute approximate surface area is 127 Å². The molecule has 4 nitrogen and oxygen atoms in total. The van der Waals surface area contributed by atoms with Crippen LogP contribution in [-0.2, 0) is 11.3 Å². The molecule has 0 bridgehead atoms. The highest BCUT2D eigenvalue weighted by Crippen LogP contribution is 2.28. The van der Waals surface area contributed by atoms with Crippen molar-refractivity contribution in [2.24, 2.45) is 11.8 Å². The van der Waals surface area contributed by atoms with Crippen LogP contribution in [0.3, 0.4) is 0 Å². The molecule has 116 valence electrons. The van der Waals surface area contributed by atoms with Gasteiger partial charge in [0.15, 0.2) is 0 Å². The number of carbonyl (C=O) groups excluding carboxylic acids is 1. The molecule has 1 aliphatic carbocycles. The van der Waals surface area contributed by atoms with Gasteiger partial charge in [-0.2, -0.15) is 0 Å². The number of pyridine rings is 1. The van der Waals surface area contributed by atoms with Gasteiger partial charge in [-0.3, -0.25) is 9.78 Å². The van der Waals surface area contributed by atoms with Crippen LogP contribution in [0.2, 0.25) is 0 Å². The van der Waals surface area contributed by atoms with E-state index in [2.05, 4.69) is 28.6 Å². The fourth-order valence-electron chi connectivity index (χ4n) is 2.83. The highest BCUT2D eigenvalue weighted by molar-refractivity contribution is 5.78. The Morgan fingerprint density at radius 1 is 1.29 bits per heavy atom. The van der Waals surface area contributed by atoms with Crippen LogP contribution in [-0.4, -0.2) is 24.0 Å². The first-order valence-electron chi connectivity index (χ1n) is 8.13. The Kier molecular flexibility index (Phi) is 6.67. The summed E-state index contributed by atoms with van der Waals surface area (Å²) < 4.78 is 0. The number of carbonyl (C=O) groups is 1. The largest absolute Gasteiger partial charge is 0.356 e. The van der Waals surface area contributed by atoms with E-state index in [-0.39, 0.29) is 11.8 Å². The molecule has 1 heterocycles. The van der Waals surface area contributed by atoms with Crippen LogP contribution in [0.15, 0.2) is 24.5 Å². The first-order valence-corrected chi connectivity index (χ1v) is 8.13. The monoisotopic (exact) mass is 289 g/mol. The summed E-state index contributed by atoms with van der Waals surface area (Å²) in [6, 6.07) is 4.01. The van der Waals surface area contributed by atoms with E-state index in [9.17, 15) is 4.79 Å². The van der Waals surface area contributed by atoms with Gasteiger partial charge in [0.1, 0.15) is 0 Å². The van der Waals surface area contributed by atoms with Crippen LogP contribution in [0.5, 0.6) is 0 Å². The maximum absolute atomic E-state index is 12.0. The number of nitrogens with zero attached hydrogens (tertiary/aromatic N) is 1. The third kappa shape index (κ3) is 5.84. The zero-order valence-corrected chi connectivity index (χ0v) is 13.0. The van der Waals surface area contributed by atoms with E-state index >= 15 is 0 Å². The molecule has 0 aromatic carbocycles. The van der Waals surface area contributed by atoms with Crippen LogP contribution in [0, 0.1) is 11.8 Å². The molecule has 1 fully saturated rings. The van der Waals surface area contributed by atoms with Crippen molar-refractivity contribution >= 4 is 5.91 Å². The Hall–Kier alpha value is -1.42. The fourth-order valence-corrected chi connectivity index (χ4v) is 2.83. The Morgan fingerprint density at radius 3 is 2.81 bits per heavy atom. The SMILES string of the molecule is CC1CCC(C(=O)NCCCNCc2cccnc2)CC1. The fraction of sp³-hybridized carbons (Fsp3) is 0.647. The van der Waals surface area contributed by atoms with Gasteiger partial charge in [-0.25, -0.2) is 0 Å². The quantitative estimate of drug-likeness (QED) is 0.758. The Morgan fingerprint density at radius 2 is 2.10 bits per heavy atom. The summed E-state index contributed by atoms with van der Waals surface area (Å²) in [5.41, 5.74) is 1.19. The molecule has 0 spiro atoms. The molecular formula is C17H27N3O. The number of amides is 1. The van der Waals surface area contributed by atoms with E-state index in [1.165, 1.54) is 18.4 Å². The van der Waals surface area contributed by atoms with Crippen molar-refractivity contribution in [3.63, 3.8) is 0 Å². The highest BCUT2D eigenvalue weighted by atomic mass is 16.1. The summed E-state index contributed by atoms with van der Waals surface area (Å²) >= 11 is 0. The molecule has 0 radical (unpaired) electrons. The van der Waals surface area contributed by atoms with Crippen molar-refractivity contribution in [1.29, 1.82) is 0 Å². The summed E-state index contributed by atoms with van der Waals surface area (Å²) in [6.45, 7) is 4.80. The summed E-state index contributed by atoms with van der Waals surface area (Å²) in [6.07, 6.45) is 9.15. The zero-order chi connectivity index (χ0) is 14.9. The molecule has 1 aromatic heterocycles. The van der Waals surface area contributed by atoms with Crippen LogP contribution in [0.25, 0.3) is 0 Å². The molecule has 2 N–H and O–H groups in total. The molecule has 1 aliphatic rings. The van der Waals surface area contributed by atoms with Crippen LogP contribution in [0.1, 0.15) is 44.6 Å². The van der Waals surface area contributed by atoms with Gasteiger partial charge in [0.25, 0.3) is 0 Å². The lowest BCUT2D eigenvalue weighted by Gasteiger charge is -2.25. The minimum Gasteiger partial charge on any atom is -0.356 e. The van der Waals surface area contributed by atoms with Crippen LogP contribution < -0.4 is 10.6 Å². The van der Waals surface area contributed by atoms with Gasteiger partial charge in [-0.15, -0.1) is 0 Å². The Bertz CT molecular complexity index is 413. The van der Waals surface area contributed by atoms with Crippen molar-refractivity contribution in [1.82, 2.24) is 15.6 Å². The topological polar surface area (TPSA) is 54.0 Å². The summed E-state index contributed by atoms with van der Waals surface area (Å²) in [5.74, 6) is 1.31. The number of nitrogens with one attached hydrogen (secondary N) is 2. The maximum atomic E-state index is 12.0. The number of hydrogen-bond acceptors (Lipinski definition) is 3. The third-order valence-electron chi connectivity index (χ3n) is 4.27. The van der Waals surface area contributed by atoms with E-state index < -0.39 is 0 Å². The minimum atomic E-state index is 0.254. The predicted octanol–water partition coefficient (Wildman–Crippen LogP) is 2.50. The molecule has 1 aromatic rings. The molecule has 0 unspecified atom stereocenters. The van der Waals surface area contributed by atoms with E-state index in [0.717, 1.165) is 44.8 Å². The summed E-state index contributed by atoms with van der Waals surface area (Å²) in [4.78, 5) is 16.1. The second-order valence-corrected chi connectivity index (χ2v) is 6.14. The lowest BCUT2D eigenvalue weighted by molar-refractivity contribution is -0.126. The van der Waals surface area contributed by atoms with Crippen molar-refractivity contribution in [2.45, 2.75) is 45.6 Å². The van der Waals surface area contributed by atoms with Crippen molar-refractivity contribution in [3.05, 3.63) is 30.1 Å². The molecule has 1 saturated carbocycles. The number of aromatic nitrogens is 1. The van der Waals surface area contributed by atoms with Crippen LogP contribution >= 0.6 is 0 Å². The average Bonchev–Trinajstić information content (AvgIpc) is 2.52. The molecule has 0 atom stereocenters. The van der Waals surface area contributed by atoms with Crippen molar-refractivity contribution in [2.75, 3.05) is 13.1 Å². The third-order valence-corrected chi connectivity index (χ3v) is 4.27. The highest BCUT2D eigenvalue weighted by Gasteiger charge is 2.23. The van der Waals surface area contributed by atoms with E-state index in [4.69, 9.17) is 0 Å². The number of hydrogen-bond donors (Lipinski definition) is 2. The van der Waals surface area contributed by atoms with Gasteiger partial charge in [0, 0.05) is 31.4 Å². The predicted molar refractivity (Wildman–Crippen MR) is 84.7 cm³/mol. The minimum absolute atomic E-state index is 0.254. The normalized spacial score (nSPS) is 22.0. The lowest BCUT2D eigenvalue weighted by atomic mass is 9.82. The standard InChI is InChI=1S/C17H27N3O/c1-14-5-7-16(8-6-14)17(21)20-11-3-10-19-13-15-4-2-9-18-12-15/h2,4,9,12,14,16,19H,3,5-8,10-11,13H2,1H3,(H,20,21). The molecule has 0 aliphatic heterocycles. The summed E-state index contributed by atoms with van der Waals surface area (Å²) in [7, 11) is 0. The molecule has 21 heavy (non-hydrogen) atoms. The summed E-state index contributed by atoms with van der Waals surface area (Å²) in [5, 5.41) is 6.44. The van der Waals surface area contributed by atoms with E-state index in [1.54, 1.807) is 6.20 Å². The van der Waals surface area contributed by atoms with Crippen molar-refractivity contribution in [3.8, 4) is 0 Å². The van der Waals surface area contributed by atoms with E-state index in [0.29, 0.717) is 0 Å². The first-order chi connectivity index (χ1) is 10.3. The van der Waals surface area contributed by atoms with Gasteiger partial charge in [0.2, 0.25) is 5.91 Å². The van der Waals surface area contributed by atoms with Gasteiger partial charge >= 0.3 is 0 Å².